The molecule has 0 N–H and O–H groups in total. The van der Waals surface area contributed by atoms with Crippen molar-refractivity contribution in [3.05, 3.63) is 37.1 Å². The summed E-state index contributed by atoms with van der Waals surface area (Å²) in [4.78, 5) is 11.2. The van der Waals surface area contributed by atoms with E-state index in [1.165, 1.54) is 6.08 Å². The van der Waals surface area contributed by atoms with Crippen LogP contribution in [0.4, 0.5) is 0 Å². The molecule has 0 radical (unpaired) electrons. The van der Waals surface area contributed by atoms with Crippen LogP contribution in [0.5, 0.6) is 0 Å². The van der Waals surface area contributed by atoms with E-state index in [2.05, 4.69) is 13.2 Å². The van der Waals surface area contributed by atoms with Gasteiger partial charge in [0.05, 0.1) is 12.7 Å². The Morgan fingerprint density at radius 3 is 2.75 bits per heavy atom. The Kier molecular flexibility index (Phi) is 4.35. The molecule has 0 unspecified atom stereocenters. The SMILES string of the molecule is C=CCCOC1=CC(=O)O[C@]1(C)CCC=C. The van der Waals surface area contributed by atoms with E-state index in [0.717, 1.165) is 12.8 Å². The van der Waals surface area contributed by atoms with Gasteiger partial charge in [0, 0.05) is 0 Å². The molecule has 0 aromatic heterocycles. The molecule has 16 heavy (non-hydrogen) atoms. The van der Waals surface area contributed by atoms with Crippen molar-refractivity contribution >= 4 is 5.97 Å². The fourth-order valence-electron chi connectivity index (χ4n) is 1.56. The topological polar surface area (TPSA) is 35.5 Å². The highest BCUT2D eigenvalue weighted by atomic mass is 16.6. The number of rotatable bonds is 7. The maximum atomic E-state index is 11.2. The molecule has 0 saturated carbocycles. The number of ether oxygens (including phenoxy) is 2. The van der Waals surface area contributed by atoms with Gasteiger partial charge in [-0.2, -0.15) is 0 Å². The summed E-state index contributed by atoms with van der Waals surface area (Å²) in [5.41, 5.74) is -0.632. The maximum Gasteiger partial charge on any atom is 0.335 e. The van der Waals surface area contributed by atoms with E-state index < -0.39 is 5.60 Å². The molecule has 3 heteroatoms. The van der Waals surface area contributed by atoms with Crippen molar-refractivity contribution in [2.45, 2.75) is 31.8 Å². The van der Waals surface area contributed by atoms with Gasteiger partial charge in [0.1, 0.15) is 5.76 Å². The average molecular weight is 222 g/mol. The first kappa shape index (κ1) is 12.6. The van der Waals surface area contributed by atoms with Crippen LogP contribution in [0.25, 0.3) is 0 Å². The lowest BCUT2D eigenvalue weighted by Crippen LogP contribution is -2.29. The van der Waals surface area contributed by atoms with Crippen LogP contribution in [0, 0.1) is 0 Å². The molecule has 1 aliphatic rings. The zero-order valence-electron chi connectivity index (χ0n) is 9.70. The normalized spacial score (nSPS) is 23.6. The van der Waals surface area contributed by atoms with Crippen molar-refractivity contribution in [1.29, 1.82) is 0 Å². The van der Waals surface area contributed by atoms with Crippen molar-refractivity contribution in [2.75, 3.05) is 6.61 Å². The van der Waals surface area contributed by atoms with Crippen LogP contribution >= 0.6 is 0 Å². The average Bonchev–Trinajstić information content (AvgIpc) is 2.52. The molecule has 0 spiro atoms. The number of allylic oxidation sites excluding steroid dienone is 1. The van der Waals surface area contributed by atoms with Crippen LogP contribution in [0.15, 0.2) is 37.1 Å². The fraction of sp³-hybridized carbons (Fsp3) is 0.462. The second kappa shape index (κ2) is 5.54. The molecule has 88 valence electrons. The number of carbonyl (C=O) groups is 1. The molecule has 0 fully saturated rings. The van der Waals surface area contributed by atoms with E-state index in [0.29, 0.717) is 18.8 Å². The Balaban J connectivity index is 2.61. The molecule has 1 atom stereocenters. The first-order valence-corrected chi connectivity index (χ1v) is 5.42. The second-order valence-corrected chi connectivity index (χ2v) is 3.91. The largest absolute Gasteiger partial charge is 0.493 e. The second-order valence-electron chi connectivity index (χ2n) is 3.91. The third-order valence-corrected chi connectivity index (χ3v) is 2.50. The summed E-state index contributed by atoms with van der Waals surface area (Å²) < 4.78 is 10.8. The molecule has 0 aromatic rings. The van der Waals surface area contributed by atoms with Crippen LogP contribution in [0.1, 0.15) is 26.2 Å². The Labute approximate surface area is 96.4 Å². The minimum atomic E-state index is -0.632. The molecule has 0 bridgehead atoms. The van der Waals surface area contributed by atoms with Crippen molar-refractivity contribution in [2.24, 2.45) is 0 Å². The Morgan fingerprint density at radius 2 is 2.12 bits per heavy atom. The summed E-state index contributed by atoms with van der Waals surface area (Å²) in [6, 6.07) is 0. The highest BCUT2D eigenvalue weighted by Crippen LogP contribution is 2.33. The summed E-state index contributed by atoms with van der Waals surface area (Å²) in [6.45, 7) is 9.66. The van der Waals surface area contributed by atoms with Crippen molar-refractivity contribution < 1.29 is 14.3 Å². The number of carbonyl (C=O) groups excluding carboxylic acids is 1. The van der Waals surface area contributed by atoms with Gasteiger partial charge in [0.2, 0.25) is 0 Å². The first-order chi connectivity index (χ1) is 7.62. The van der Waals surface area contributed by atoms with Gasteiger partial charge in [-0.3, -0.25) is 0 Å². The lowest BCUT2D eigenvalue weighted by molar-refractivity contribution is -0.147. The van der Waals surface area contributed by atoms with Crippen molar-refractivity contribution in [1.82, 2.24) is 0 Å². The predicted molar refractivity (Wildman–Crippen MR) is 62.8 cm³/mol. The van der Waals surface area contributed by atoms with Crippen LogP contribution < -0.4 is 0 Å². The maximum absolute atomic E-state index is 11.2. The Hall–Kier alpha value is -1.51. The summed E-state index contributed by atoms with van der Waals surface area (Å²) in [5, 5.41) is 0. The fourth-order valence-corrected chi connectivity index (χ4v) is 1.56. The standard InChI is InChI=1S/C13H18O3/c1-4-6-8-13(3)11(10-12(14)16-13)15-9-7-5-2/h4-5,10H,1-2,6-9H2,3H3/t13-/m1/s1. The highest BCUT2D eigenvalue weighted by Gasteiger charge is 2.39. The lowest BCUT2D eigenvalue weighted by Gasteiger charge is -2.25. The number of cyclic esters (lactones) is 1. The van der Waals surface area contributed by atoms with Crippen LogP contribution in [0.3, 0.4) is 0 Å². The molecule has 0 aliphatic carbocycles. The van der Waals surface area contributed by atoms with Gasteiger partial charge in [-0.15, -0.1) is 13.2 Å². The molecule has 0 aromatic carbocycles. The zero-order chi connectivity index (χ0) is 12.0. The van der Waals surface area contributed by atoms with E-state index in [1.54, 1.807) is 12.2 Å². The first-order valence-electron chi connectivity index (χ1n) is 5.42. The van der Waals surface area contributed by atoms with Crippen molar-refractivity contribution in [3.63, 3.8) is 0 Å². The third-order valence-electron chi connectivity index (χ3n) is 2.50. The summed E-state index contributed by atoms with van der Waals surface area (Å²) in [7, 11) is 0. The zero-order valence-corrected chi connectivity index (χ0v) is 9.70. The van der Waals surface area contributed by atoms with Gasteiger partial charge >= 0.3 is 5.97 Å². The number of hydrogen-bond acceptors (Lipinski definition) is 3. The smallest absolute Gasteiger partial charge is 0.335 e. The molecule has 1 rings (SSSR count). The Morgan fingerprint density at radius 1 is 1.44 bits per heavy atom. The quantitative estimate of drug-likeness (QED) is 0.377. The summed E-state index contributed by atoms with van der Waals surface area (Å²) >= 11 is 0. The molecule has 0 saturated heterocycles. The number of hydrogen-bond donors (Lipinski definition) is 0. The third kappa shape index (κ3) is 2.99. The highest BCUT2D eigenvalue weighted by molar-refractivity contribution is 5.86. The minimum absolute atomic E-state index is 0.333. The minimum Gasteiger partial charge on any atom is -0.493 e. The summed E-state index contributed by atoms with van der Waals surface area (Å²) in [6.07, 6.45) is 7.24. The molecule has 1 heterocycles. The number of esters is 1. The van der Waals surface area contributed by atoms with Crippen LogP contribution in [-0.2, 0) is 14.3 Å². The summed E-state index contributed by atoms with van der Waals surface area (Å²) in [5.74, 6) is 0.279. The van der Waals surface area contributed by atoms with Crippen molar-refractivity contribution in [3.8, 4) is 0 Å². The van der Waals surface area contributed by atoms with E-state index in [1.807, 2.05) is 6.92 Å². The van der Waals surface area contributed by atoms with Gasteiger partial charge in [-0.05, 0) is 26.2 Å². The van der Waals surface area contributed by atoms with Gasteiger partial charge in [0.15, 0.2) is 5.60 Å². The van der Waals surface area contributed by atoms with E-state index in [-0.39, 0.29) is 5.97 Å². The molecule has 3 nitrogen and oxygen atoms in total. The van der Waals surface area contributed by atoms with Gasteiger partial charge in [-0.1, -0.05) is 12.2 Å². The lowest BCUT2D eigenvalue weighted by atomic mass is 9.98. The van der Waals surface area contributed by atoms with E-state index in [9.17, 15) is 4.79 Å². The molecule has 1 aliphatic heterocycles. The van der Waals surface area contributed by atoms with E-state index in [4.69, 9.17) is 9.47 Å². The molecular formula is C13H18O3. The monoisotopic (exact) mass is 222 g/mol. The van der Waals surface area contributed by atoms with Gasteiger partial charge < -0.3 is 9.47 Å². The molecular weight excluding hydrogens is 204 g/mol. The predicted octanol–water partition coefficient (Wildman–Crippen LogP) is 2.74. The molecule has 0 amide bonds. The Bertz CT molecular complexity index is 317. The van der Waals surface area contributed by atoms with Gasteiger partial charge in [-0.25, -0.2) is 4.79 Å². The van der Waals surface area contributed by atoms with Gasteiger partial charge in [0.25, 0.3) is 0 Å². The van der Waals surface area contributed by atoms with E-state index >= 15 is 0 Å². The van der Waals surface area contributed by atoms with Crippen LogP contribution in [-0.4, -0.2) is 18.2 Å². The van der Waals surface area contributed by atoms with Crippen LogP contribution in [0.2, 0.25) is 0 Å².